The first-order chi connectivity index (χ1) is 13.4. The van der Waals surface area contributed by atoms with Gasteiger partial charge in [-0.25, -0.2) is 13.1 Å². The van der Waals surface area contributed by atoms with Gasteiger partial charge >= 0.3 is 0 Å². The van der Waals surface area contributed by atoms with Gasteiger partial charge < -0.3 is 9.47 Å². The van der Waals surface area contributed by atoms with Gasteiger partial charge in [-0.05, 0) is 42.0 Å². The molecule has 0 fully saturated rings. The molecule has 0 unspecified atom stereocenters. The Labute approximate surface area is 173 Å². The van der Waals surface area contributed by atoms with Crippen molar-refractivity contribution in [1.29, 1.82) is 0 Å². The Morgan fingerprint density at radius 3 is 2.32 bits per heavy atom. The summed E-state index contributed by atoms with van der Waals surface area (Å²) in [6.45, 7) is 0.0638. The second-order valence-corrected chi connectivity index (χ2v) is 8.27. The average molecular weight is 438 g/mol. The monoisotopic (exact) mass is 437 g/mol. The number of para-hydroxylation sites is 1. The Hall–Kier alpha value is -2.25. The minimum absolute atomic E-state index is 0.0466. The molecule has 0 atom stereocenters. The quantitative estimate of drug-likeness (QED) is 0.546. The highest BCUT2D eigenvalue weighted by atomic mass is 35.5. The summed E-state index contributed by atoms with van der Waals surface area (Å²) in [5.74, 6) is 1.60. The Morgan fingerprint density at radius 2 is 1.61 bits per heavy atom. The molecule has 1 N–H and O–H groups in total. The van der Waals surface area contributed by atoms with Gasteiger partial charge in [0.2, 0.25) is 10.0 Å². The van der Waals surface area contributed by atoms with Crippen molar-refractivity contribution in [3.8, 4) is 17.2 Å². The summed E-state index contributed by atoms with van der Waals surface area (Å²) in [5.41, 5.74) is 0.729. The van der Waals surface area contributed by atoms with Crippen molar-refractivity contribution in [2.45, 2.75) is 11.4 Å². The van der Waals surface area contributed by atoms with E-state index in [0.717, 1.165) is 5.56 Å². The lowest BCUT2D eigenvalue weighted by atomic mass is 10.2. The maximum atomic E-state index is 12.6. The molecule has 0 aliphatic carbocycles. The Morgan fingerprint density at radius 1 is 0.893 bits per heavy atom. The molecule has 3 aromatic carbocycles. The number of methoxy groups -OCH3 is 1. The first-order valence-corrected chi connectivity index (χ1v) is 10.5. The highest BCUT2D eigenvalue weighted by Gasteiger charge is 2.21. The van der Waals surface area contributed by atoms with Crippen LogP contribution in [0.25, 0.3) is 0 Å². The molecule has 0 radical (unpaired) electrons. The Balaban J connectivity index is 1.75. The van der Waals surface area contributed by atoms with Crippen LogP contribution in [0.5, 0.6) is 17.2 Å². The highest BCUT2D eigenvalue weighted by Crippen LogP contribution is 2.36. The van der Waals surface area contributed by atoms with Crippen LogP contribution in [0.4, 0.5) is 0 Å². The Bertz CT molecular complexity index is 1070. The van der Waals surface area contributed by atoms with Gasteiger partial charge in [0.25, 0.3) is 0 Å². The molecule has 0 heterocycles. The van der Waals surface area contributed by atoms with Crippen LogP contribution >= 0.6 is 23.2 Å². The molecule has 0 saturated carbocycles. The predicted octanol–water partition coefficient (Wildman–Crippen LogP) is 5.27. The van der Waals surface area contributed by atoms with Gasteiger partial charge in [0.05, 0.1) is 12.1 Å². The molecule has 146 valence electrons. The summed E-state index contributed by atoms with van der Waals surface area (Å²) in [6, 6.07) is 19.3. The van der Waals surface area contributed by atoms with Gasteiger partial charge in [-0.15, -0.1) is 0 Å². The lowest BCUT2D eigenvalue weighted by Crippen LogP contribution is -2.23. The molecule has 0 aromatic heterocycles. The predicted molar refractivity (Wildman–Crippen MR) is 110 cm³/mol. The zero-order valence-corrected chi connectivity index (χ0v) is 17.2. The van der Waals surface area contributed by atoms with E-state index in [9.17, 15) is 8.42 Å². The van der Waals surface area contributed by atoms with Crippen LogP contribution in [0, 0.1) is 0 Å². The fourth-order valence-corrected chi connectivity index (χ4v) is 4.34. The number of hydrogen-bond acceptors (Lipinski definition) is 4. The van der Waals surface area contributed by atoms with Gasteiger partial charge in [-0.2, -0.15) is 0 Å². The van der Waals surface area contributed by atoms with Gasteiger partial charge in [0.1, 0.15) is 27.2 Å². The van der Waals surface area contributed by atoms with Crippen molar-refractivity contribution in [3.05, 3.63) is 82.3 Å². The maximum absolute atomic E-state index is 12.6. The van der Waals surface area contributed by atoms with Gasteiger partial charge in [-0.1, -0.05) is 53.5 Å². The van der Waals surface area contributed by atoms with Crippen molar-refractivity contribution in [3.63, 3.8) is 0 Å². The lowest BCUT2D eigenvalue weighted by molar-refractivity contribution is 0.414. The number of halogens is 2. The van der Waals surface area contributed by atoms with E-state index < -0.39 is 10.0 Å². The molecular formula is C20H17Cl2NO4S. The summed E-state index contributed by atoms with van der Waals surface area (Å²) in [5, 5.41) is -0.0417. The number of benzene rings is 3. The molecule has 0 bridgehead atoms. The fraction of sp³-hybridized carbons (Fsp3) is 0.100. The van der Waals surface area contributed by atoms with E-state index >= 15 is 0 Å². The zero-order valence-electron chi connectivity index (χ0n) is 14.9. The maximum Gasteiger partial charge on any atom is 0.242 e. The van der Waals surface area contributed by atoms with Crippen LogP contribution in [0.2, 0.25) is 10.0 Å². The molecular weight excluding hydrogens is 421 g/mol. The van der Waals surface area contributed by atoms with E-state index in [1.165, 1.54) is 19.2 Å². The van der Waals surface area contributed by atoms with E-state index in [1.807, 2.05) is 30.3 Å². The second kappa shape index (κ2) is 8.84. The molecule has 5 nitrogen and oxygen atoms in total. The third kappa shape index (κ3) is 4.77. The molecule has 0 saturated heterocycles. The fourth-order valence-electron chi connectivity index (χ4n) is 2.48. The van der Waals surface area contributed by atoms with Crippen LogP contribution < -0.4 is 14.2 Å². The zero-order chi connectivity index (χ0) is 20.1. The van der Waals surface area contributed by atoms with Crippen LogP contribution in [0.1, 0.15) is 5.56 Å². The topological polar surface area (TPSA) is 64.6 Å². The van der Waals surface area contributed by atoms with Gasteiger partial charge in [-0.3, -0.25) is 0 Å². The van der Waals surface area contributed by atoms with Crippen molar-refractivity contribution in [1.82, 2.24) is 4.72 Å². The molecule has 8 heteroatoms. The first-order valence-electron chi connectivity index (χ1n) is 8.24. The molecule has 3 aromatic rings. The summed E-state index contributed by atoms with van der Waals surface area (Å²) in [7, 11) is -2.45. The lowest BCUT2D eigenvalue weighted by Gasteiger charge is -2.12. The minimum atomic E-state index is -3.87. The van der Waals surface area contributed by atoms with Crippen LogP contribution in [-0.2, 0) is 16.6 Å². The molecule has 28 heavy (non-hydrogen) atoms. The average Bonchev–Trinajstić information content (AvgIpc) is 2.69. The number of hydrogen-bond donors (Lipinski definition) is 1. The number of sulfonamides is 1. The van der Waals surface area contributed by atoms with Crippen LogP contribution in [0.15, 0.2) is 71.6 Å². The molecule has 3 rings (SSSR count). The van der Waals surface area contributed by atoms with E-state index in [0.29, 0.717) is 17.2 Å². The molecule has 0 aliphatic heterocycles. The van der Waals surface area contributed by atoms with Crippen molar-refractivity contribution >= 4 is 33.2 Å². The number of rotatable bonds is 7. The summed E-state index contributed by atoms with van der Waals surface area (Å²) >= 11 is 12.2. The van der Waals surface area contributed by atoms with Crippen LogP contribution in [0.3, 0.4) is 0 Å². The third-order valence-electron chi connectivity index (χ3n) is 3.86. The highest BCUT2D eigenvalue weighted by molar-refractivity contribution is 7.89. The standard InChI is InChI=1S/C20H17Cl2NO4S/c1-26-17-10-11-18(20(22)19(17)21)28(24,25)23-13-14-6-5-9-16(12-14)27-15-7-3-2-4-8-15/h2-12,23H,13H2,1H3. The summed E-state index contributed by atoms with van der Waals surface area (Å²) < 4.78 is 38.6. The van der Waals surface area contributed by atoms with E-state index in [-0.39, 0.29) is 21.5 Å². The van der Waals surface area contributed by atoms with Gasteiger partial charge in [0, 0.05) is 6.54 Å². The summed E-state index contributed by atoms with van der Waals surface area (Å²) in [6.07, 6.45) is 0. The molecule has 0 aliphatic rings. The second-order valence-electron chi connectivity index (χ2n) is 5.78. The normalized spacial score (nSPS) is 11.2. The SMILES string of the molecule is COc1ccc(S(=O)(=O)NCc2cccc(Oc3ccccc3)c2)c(Cl)c1Cl. The number of nitrogens with one attached hydrogen (secondary N) is 1. The van der Waals surface area contributed by atoms with Crippen molar-refractivity contribution in [2.24, 2.45) is 0 Å². The van der Waals surface area contributed by atoms with Crippen molar-refractivity contribution in [2.75, 3.05) is 7.11 Å². The minimum Gasteiger partial charge on any atom is -0.495 e. The van der Waals surface area contributed by atoms with Gasteiger partial charge in [0.15, 0.2) is 0 Å². The van der Waals surface area contributed by atoms with E-state index in [2.05, 4.69) is 4.72 Å². The van der Waals surface area contributed by atoms with Crippen LogP contribution in [-0.4, -0.2) is 15.5 Å². The largest absolute Gasteiger partial charge is 0.495 e. The van der Waals surface area contributed by atoms with Crippen molar-refractivity contribution < 1.29 is 17.9 Å². The van der Waals surface area contributed by atoms with E-state index in [4.69, 9.17) is 32.7 Å². The molecule has 0 amide bonds. The smallest absolute Gasteiger partial charge is 0.242 e. The first kappa shape index (κ1) is 20.5. The molecule has 0 spiro atoms. The third-order valence-corrected chi connectivity index (χ3v) is 6.28. The Kier molecular flexibility index (Phi) is 6.46. The summed E-state index contributed by atoms with van der Waals surface area (Å²) in [4.78, 5) is -0.114. The van der Waals surface area contributed by atoms with E-state index in [1.54, 1.807) is 24.3 Å². The number of ether oxygens (including phenoxy) is 2.